The number of carbonyl (C=O) groups excluding carboxylic acids is 2. The lowest BCUT2D eigenvalue weighted by Crippen LogP contribution is -2.22. The van der Waals surface area contributed by atoms with Gasteiger partial charge in [0.2, 0.25) is 0 Å². The van der Waals surface area contributed by atoms with E-state index in [9.17, 15) is 9.59 Å². The van der Waals surface area contributed by atoms with Gasteiger partial charge in [-0.05, 0) is 37.3 Å². The molecule has 0 N–H and O–H groups in total. The molecular formula is C18H15ClN2O3S. The van der Waals surface area contributed by atoms with E-state index in [4.69, 9.17) is 16.3 Å². The van der Waals surface area contributed by atoms with E-state index in [2.05, 4.69) is 4.99 Å². The molecule has 1 aromatic heterocycles. The Morgan fingerprint density at radius 3 is 2.60 bits per heavy atom. The first-order valence-electron chi connectivity index (χ1n) is 7.49. The number of methoxy groups -OCH3 is 1. The van der Waals surface area contributed by atoms with Crippen molar-refractivity contribution in [3.05, 3.63) is 63.4 Å². The third kappa shape index (κ3) is 3.81. The van der Waals surface area contributed by atoms with Crippen LogP contribution in [0.15, 0.2) is 47.5 Å². The highest BCUT2D eigenvalue weighted by Crippen LogP contribution is 2.22. The van der Waals surface area contributed by atoms with Gasteiger partial charge < -0.3 is 9.30 Å². The Balaban J connectivity index is 2.13. The lowest BCUT2D eigenvalue weighted by atomic mass is 10.1. The minimum Gasteiger partial charge on any atom is -0.468 e. The Kier molecular flexibility index (Phi) is 5.01. The fourth-order valence-electron chi connectivity index (χ4n) is 2.33. The summed E-state index contributed by atoms with van der Waals surface area (Å²) in [6, 6.07) is 12.5. The summed E-state index contributed by atoms with van der Waals surface area (Å²) < 4.78 is 7.25. The van der Waals surface area contributed by atoms with Crippen LogP contribution in [-0.4, -0.2) is 23.6 Å². The van der Waals surface area contributed by atoms with Crippen LogP contribution in [0.2, 0.25) is 5.02 Å². The second-order valence-corrected chi connectivity index (χ2v) is 6.89. The van der Waals surface area contributed by atoms with E-state index in [-0.39, 0.29) is 12.5 Å². The van der Waals surface area contributed by atoms with Gasteiger partial charge in [0.15, 0.2) is 4.80 Å². The number of esters is 1. The van der Waals surface area contributed by atoms with Gasteiger partial charge in [-0.3, -0.25) is 9.59 Å². The number of aromatic nitrogens is 1. The summed E-state index contributed by atoms with van der Waals surface area (Å²) in [5.41, 5.74) is 2.33. The highest BCUT2D eigenvalue weighted by molar-refractivity contribution is 7.16. The average Bonchev–Trinajstić information content (AvgIpc) is 2.91. The van der Waals surface area contributed by atoms with Crippen molar-refractivity contribution < 1.29 is 14.3 Å². The maximum Gasteiger partial charge on any atom is 0.325 e. The van der Waals surface area contributed by atoms with Gasteiger partial charge in [-0.25, -0.2) is 0 Å². The zero-order valence-electron chi connectivity index (χ0n) is 13.7. The van der Waals surface area contributed by atoms with Crippen molar-refractivity contribution >= 4 is 45.0 Å². The smallest absolute Gasteiger partial charge is 0.325 e. The number of aryl methyl sites for hydroxylation is 1. The molecule has 0 radical (unpaired) electrons. The van der Waals surface area contributed by atoms with Crippen molar-refractivity contribution in [1.29, 1.82) is 0 Å². The van der Waals surface area contributed by atoms with Crippen LogP contribution in [0.25, 0.3) is 10.2 Å². The number of ether oxygens (including phenoxy) is 1. The SMILES string of the molecule is COC(=O)Cn1c(=NC(=O)c2ccc(C)cc2)sc2cc(Cl)ccc21. The number of nitrogens with zero attached hydrogens (tertiary/aromatic N) is 2. The van der Waals surface area contributed by atoms with Crippen molar-refractivity contribution in [3.8, 4) is 0 Å². The monoisotopic (exact) mass is 374 g/mol. The molecule has 0 aliphatic rings. The summed E-state index contributed by atoms with van der Waals surface area (Å²) in [5.74, 6) is -0.782. The van der Waals surface area contributed by atoms with E-state index in [1.165, 1.54) is 18.4 Å². The van der Waals surface area contributed by atoms with Gasteiger partial charge in [0, 0.05) is 10.6 Å². The molecule has 1 amide bonds. The quantitative estimate of drug-likeness (QED) is 0.658. The predicted molar refractivity (Wildman–Crippen MR) is 97.9 cm³/mol. The largest absolute Gasteiger partial charge is 0.468 e. The number of hydrogen-bond acceptors (Lipinski definition) is 4. The van der Waals surface area contributed by atoms with E-state index in [1.807, 2.05) is 19.1 Å². The topological polar surface area (TPSA) is 60.7 Å². The molecule has 0 atom stereocenters. The number of fused-ring (bicyclic) bond motifs is 1. The van der Waals surface area contributed by atoms with E-state index in [1.54, 1.807) is 34.9 Å². The van der Waals surface area contributed by atoms with Crippen molar-refractivity contribution in [2.24, 2.45) is 4.99 Å². The van der Waals surface area contributed by atoms with E-state index in [0.717, 1.165) is 15.8 Å². The molecule has 0 spiro atoms. The summed E-state index contributed by atoms with van der Waals surface area (Å²) in [6.07, 6.45) is 0. The van der Waals surface area contributed by atoms with E-state index >= 15 is 0 Å². The number of benzene rings is 2. The third-order valence-electron chi connectivity index (χ3n) is 3.66. The minimum atomic E-state index is -0.418. The highest BCUT2D eigenvalue weighted by atomic mass is 35.5. The summed E-state index contributed by atoms with van der Waals surface area (Å²) in [4.78, 5) is 28.8. The highest BCUT2D eigenvalue weighted by Gasteiger charge is 2.12. The van der Waals surface area contributed by atoms with Gasteiger partial charge in [-0.2, -0.15) is 4.99 Å². The summed E-state index contributed by atoms with van der Waals surface area (Å²) >= 11 is 7.34. The molecule has 5 nitrogen and oxygen atoms in total. The second kappa shape index (κ2) is 7.21. The number of hydrogen-bond donors (Lipinski definition) is 0. The van der Waals surface area contributed by atoms with Crippen LogP contribution in [0.3, 0.4) is 0 Å². The van der Waals surface area contributed by atoms with E-state index in [0.29, 0.717) is 15.4 Å². The number of halogens is 1. The Morgan fingerprint density at radius 1 is 1.20 bits per heavy atom. The van der Waals surface area contributed by atoms with Crippen LogP contribution in [0.5, 0.6) is 0 Å². The lowest BCUT2D eigenvalue weighted by Gasteiger charge is -2.03. The first-order chi connectivity index (χ1) is 12.0. The zero-order valence-corrected chi connectivity index (χ0v) is 15.2. The molecule has 0 saturated carbocycles. The van der Waals surface area contributed by atoms with Crippen molar-refractivity contribution in [2.45, 2.75) is 13.5 Å². The molecule has 25 heavy (non-hydrogen) atoms. The molecule has 0 aliphatic heterocycles. The molecule has 128 valence electrons. The maximum atomic E-state index is 12.5. The Hall–Kier alpha value is -2.44. The average molecular weight is 375 g/mol. The molecule has 0 bridgehead atoms. The lowest BCUT2D eigenvalue weighted by molar-refractivity contribution is -0.141. The Morgan fingerprint density at radius 2 is 1.92 bits per heavy atom. The standard InChI is InChI=1S/C18H15ClN2O3S/c1-11-3-5-12(6-4-11)17(23)20-18-21(10-16(22)24-2)14-8-7-13(19)9-15(14)25-18/h3-9H,10H2,1-2H3. The van der Waals surface area contributed by atoms with Crippen LogP contribution in [-0.2, 0) is 16.1 Å². The molecule has 1 heterocycles. The number of carbonyl (C=O) groups is 2. The number of rotatable bonds is 3. The third-order valence-corrected chi connectivity index (χ3v) is 4.93. The molecule has 7 heteroatoms. The fourth-order valence-corrected chi connectivity index (χ4v) is 3.63. The van der Waals surface area contributed by atoms with Gasteiger partial charge in [0.05, 0.1) is 17.3 Å². The predicted octanol–water partition coefficient (Wildman–Crippen LogP) is 3.58. The molecule has 0 fully saturated rings. The van der Waals surface area contributed by atoms with Gasteiger partial charge in [-0.1, -0.05) is 40.6 Å². The fraction of sp³-hybridized carbons (Fsp3) is 0.167. The number of amides is 1. The number of thiazole rings is 1. The van der Waals surface area contributed by atoms with Crippen LogP contribution < -0.4 is 4.80 Å². The second-order valence-electron chi connectivity index (χ2n) is 5.44. The first kappa shape index (κ1) is 17.4. The van der Waals surface area contributed by atoms with Gasteiger partial charge in [0.25, 0.3) is 5.91 Å². The van der Waals surface area contributed by atoms with Gasteiger partial charge in [-0.15, -0.1) is 0 Å². The minimum absolute atomic E-state index is 0.0296. The zero-order chi connectivity index (χ0) is 18.0. The molecule has 0 saturated heterocycles. The molecule has 0 unspecified atom stereocenters. The van der Waals surface area contributed by atoms with E-state index < -0.39 is 5.97 Å². The van der Waals surface area contributed by atoms with Crippen molar-refractivity contribution in [2.75, 3.05) is 7.11 Å². The Bertz CT molecular complexity index is 1020. The molecule has 3 rings (SSSR count). The molecule has 2 aromatic carbocycles. The summed E-state index contributed by atoms with van der Waals surface area (Å²) in [6.45, 7) is 1.92. The van der Waals surface area contributed by atoms with Crippen molar-refractivity contribution in [1.82, 2.24) is 4.57 Å². The molecular weight excluding hydrogens is 360 g/mol. The molecule has 3 aromatic rings. The summed E-state index contributed by atoms with van der Waals surface area (Å²) in [7, 11) is 1.32. The first-order valence-corrected chi connectivity index (χ1v) is 8.69. The van der Waals surface area contributed by atoms with Crippen LogP contribution in [0.4, 0.5) is 0 Å². The summed E-state index contributed by atoms with van der Waals surface area (Å²) in [5, 5.41) is 0.579. The van der Waals surface area contributed by atoms with Gasteiger partial charge in [0.1, 0.15) is 6.54 Å². The Labute approximate surface area is 153 Å². The van der Waals surface area contributed by atoms with Crippen LogP contribution in [0.1, 0.15) is 15.9 Å². The molecule has 0 aliphatic carbocycles. The maximum absolute atomic E-state index is 12.5. The van der Waals surface area contributed by atoms with Crippen LogP contribution in [0, 0.1) is 6.92 Å². The van der Waals surface area contributed by atoms with Crippen LogP contribution >= 0.6 is 22.9 Å². The van der Waals surface area contributed by atoms with Crippen molar-refractivity contribution in [3.63, 3.8) is 0 Å². The van der Waals surface area contributed by atoms with Gasteiger partial charge >= 0.3 is 5.97 Å². The normalized spacial score (nSPS) is 11.7.